The highest BCUT2D eigenvalue weighted by molar-refractivity contribution is 6.69. The molecule has 4 aliphatic rings. The molecule has 3 saturated carbocycles. The Morgan fingerprint density at radius 2 is 1.77 bits per heavy atom. The zero-order valence-electron chi connectivity index (χ0n) is 18.2. The fourth-order valence-electron chi connectivity index (χ4n) is 8.02. The second-order valence-electron chi connectivity index (χ2n) is 11.6. The zero-order valence-corrected chi connectivity index (χ0v) is 19.2. The van der Waals surface area contributed by atoms with Crippen LogP contribution in [0.3, 0.4) is 0 Å². The second-order valence-corrected chi connectivity index (χ2v) is 16.0. The van der Waals surface area contributed by atoms with Crippen molar-refractivity contribution in [2.45, 2.75) is 104 Å². The maximum atomic E-state index is 6.49. The molecule has 0 amide bonds. The number of fused-ring (bicyclic) bond motifs is 5. The molecule has 0 aromatic rings. The lowest BCUT2D eigenvalue weighted by atomic mass is 9.46. The van der Waals surface area contributed by atoms with E-state index in [0.29, 0.717) is 16.9 Å². The van der Waals surface area contributed by atoms with Gasteiger partial charge in [-0.2, -0.15) is 0 Å². The van der Waals surface area contributed by atoms with Crippen molar-refractivity contribution in [1.82, 2.24) is 0 Å². The largest absolute Gasteiger partial charge is 0.411 e. The van der Waals surface area contributed by atoms with Crippen molar-refractivity contribution in [1.29, 1.82) is 0 Å². The van der Waals surface area contributed by atoms with Gasteiger partial charge in [-0.3, -0.25) is 0 Å². The molecular weight excluding hydrogens is 332 g/mol. The molecule has 0 spiro atoms. The van der Waals surface area contributed by atoms with E-state index in [2.05, 4.69) is 46.5 Å². The van der Waals surface area contributed by atoms with Crippen LogP contribution in [0.1, 0.15) is 78.6 Å². The van der Waals surface area contributed by atoms with Crippen LogP contribution < -0.4 is 0 Å². The maximum Gasteiger partial charge on any atom is 0.184 e. The third-order valence-electron chi connectivity index (χ3n) is 9.27. The van der Waals surface area contributed by atoms with E-state index in [1.165, 1.54) is 57.8 Å². The van der Waals surface area contributed by atoms with Gasteiger partial charge in [0.2, 0.25) is 0 Å². The molecule has 3 unspecified atom stereocenters. The third kappa shape index (κ3) is 2.98. The summed E-state index contributed by atoms with van der Waals surface area (Å²) in [5, 5.41) is 0. The standard InChI is InChI=1S/C24H42OSi/c1-7-17-9-11-21-20-10-8-18-16-19(25-26(4,5)6)12-14-24(18,3)22(20)13-15-23(17,21)2/h16-17,19-22H,7-15H2,1-6H3/t17-,19-,20?,21?,22?,23+,24-/m0/s1. The molecule has 0 aromatic carbocycles. The van der Waals surface area contributed by atoms with Crippen LogP contribution in [-0.4, -0.2) is 14.4 Å². The summed E-state index contributed by atoms with van der Waals surface area (Å²) < 4.78 is 6.49. The van der Waals surface area contributed by atoms with Crippen LogP contribution in [0.15, 0.2) is 11.6 Å². The summed E-state index contributed by atoms with van der Waals surface area (Å²) in [5.41, 5.74) is 2.92. The Kier molecular flexibility index (Phi) is 4.79. The first-order chi connectivity index (χ1) is 12.2. The molecule has 0 bridgehead atoms. The molecular formula is C24H42OSi. The molecule has 4 aliphatic carbocycles. The zero-order chi connectivity index (χ0) is 18.7. The van der Waals surface area contributed by atoms with Gasteiger partial charge in [0.15, 0.2) is 8.32 Å². The summed E-state index contributed by atoms with van der Waals surface area (Å²) in [7, 11) is -1.44. The van der Waals surface area contributed by atoms with Crippen molar-refractivity contribution in [3.05, 3.63) is 11.6 Å². The first-order valence-electron chi connectivity index (χ1n) is 11.6. The summed E-state index contributed by atoms with van der Waals surface area (Å²) in [6.07, 6.45) is 15.9. The van der Waals surface area contributed by atoms with Gasteiger partial charge < -0.3 is 4.43 Å². The monoisotopic (exact) mass is 374 g/mol. The molecule has 26 heavy (non-hydrogen) atoms. The maximum absolute atomic E-state index is 6.49. The Morgan fingerprint density at radius 1 is 1.00 bits per heavy atom. The first kappa shape index (κ1) is 19.2. The topological polar surface area (TPSA) is 9.23 Å². The number of rotatable bonds is 3. The van der Waals surface area contributed by atoms with Crippen molar-refractivity contribution < 1.29 is 4.43 Å². The molecule has 1 nitrogen and oxygen atoms in total. The summed E-state index contributed by atoms with van der Waals surface area (Å²) in [6, 6.07) is 0. The van der Waals surface area contributed by atoms with Gasteiger partial charge in [-0.25, -0.2) is 0 Å². The van der Waals surface area contributed by atoms with Gasteiger partial charge in [0.25, 0.3) is 0 Å². The van der Waals surface area contributed by atoms with Crippen molar-refractivity contribution >= 4 is 8.32 Å². The van der Waals surface area contributed by atoms with Gasteiger partial charge in [-0.15, -0.1) is 0 Å². The minimum atomic E-state index is -1.44. The molecule has 3 fully saturated rings. The average Bonchev–Trinajstić information content (AvgIpc) is 2.90. The van der Waals surface area contributed by atoms with Crippen LogP contribution in [0.5, 0.6) is 0 Å². The number of hydrogen-bond donors (Lipinski definition) is 0. The SMILES string of the molecule is CC[C@H]1CCC2C3CCC4=C[C@@H](O[Si](C)(C)C)CC[C@]4(C)C3CC[C@@]21C. The first-order valence-corrected chi connectivity index (χ1v) is 15.0. The summed E-state index contributed by atoms with van der Waals surface area (Å²) >= 11 is 0. The Labute approximate surface area is 163 Å². The van der Waals surface area contributed by atoms with E-state index in [1.807, 2.05) is 0 Å². The lowest BCUT2D eigenvalue weighted by molar-refractivity contribution is -0.0549. The summed E-state index contributed by atoms with van der Waals surface area (Å²) in [4.78, 5) is 0. The quantitative estimate of drug-likeness (QED) is 0.375. The van der Waals surface area contributed by atoms with Crippen LogP contribution in [0.4, 0.5) is 0 Å². The van der Waals surface area contributed by atoms with Gasteiger partial charge >= 0.3 is 0 Å². The Morgan fingerprint density at radius 3 is 2.46 bits per heavy atom. The summed E-state index contributed by atoms with van der Waals surface area (Å²) in [6.45, 7) is 14.7. The Bertz CT molecular complexity index is 575. The number of hydrogen-bond acceptors (Lipinski definition) is 1. The lowest BCUT2D eigenvalue weighted by Gasteiger charge is -2.58. The molecule has 0 aliphatic heterocycles. The van der Waals surface area contributed by atoms with Gasteiger partial charge in [0, 0.05) is 0 Å². The van der Waals surface area contributed by atoms with Gasteiger partial charge in [0.1, 0.15) is 0 Å². The highest BCUT2D eigenvalue weighted by Gasteiger charge is 2.58. The highest BCUT2D eigenvalue weighted by atomic mass is 28.4. The summed E-state index contributed by atoms with van der Waals surface area (Å²) in [5.74, 6) is 3.96. The predicted octanol–water partition coefficient (Wildman–Crippen LogP) is 7.20. The molecule has 7 atom stereocenters. The Balaban J connectivity index is 1.57. The molecule has 0 N–H and O–H groups in total. The molecule has 0 aromatic heterocycles. The van der Waals surface area contributed by atoms with E-state index in [-0.39, 0.29) is 0 Å². The molecule has 0 saturated heterocycles. The van der Waals surface area contributed by atoms with E-state index in [4.69, 9.17) is 4.43 Å². The fraction of sp³-hybridized carbons (Fsp3) is 0.917. The van der Waals surface area contributed by atoms with Gasteiger partial charge in [0.05, 0.1) is 6.10 Å². The third-order valence-corrected chi connectivity index (χ3v) is 10.3. The fourth-order valence-corrected chi connectivity index (χ4v) is 9.12. The predicted molar refractivity (Wildman–Crippen MR) is 114 cm³/mol. The van der Waals surface area contributed by atoms with Crippen LogP contribution in [0, 0.1) is 34.5 Å². The van der Waals surface area contributed by atoms with Crippen molar-refractivity contribution in [2.24, 2.45) is 34.5 Å². The molecule has 0 heterocycles. The average molecular weight is 375 g/mol. The molecule has 148 valence electrons. The molecule has 0 radical (unpaired) electrons. The van der Waals surface area contributed by atoms with Gasteiger partial charge in [-0.05, 0) is 106 Å². The Hall–Kier alpha value is -0.0831. The molecule has 4 rings (SSSR count). The molecule has 2 heteroatoms. The van der Waals surface area contributed by atoms with Crippen molar-refractivity contribution in [2.75, 3.05) is 0 Å². The van der Waals surface area contributed by atoms with E-state index in [9.17, 15) is 0 Å². The van der Waals surface area contributed by atoms with Crippen LogP contribution in [0.25, 0.3) is 0 Å². The van der Waals surface area contributed by atoms with Crippen molar-refractivity contribution in [3.63, 3.8) is 0 Å². The number of allylic oxidation sites excluding steroid dienone is 1. The highest BCUT2D eigenvalue weighted by Crippen LogP contribution is 2.67. The van der Waals surface area contributed by atoms with Gasteiger partial charge in [-0.1, -0.05) is 38.8 Å². The second kappa shape index (κ2) is 6.48. The lowest BCUT2D eigenvalue weighted by Crippen LogP contribution is -2.51. The van der Waals surface area contributed by atoms with E-state index in [1.54, 1.807) is 5.57 Å². The normalized spacial score (nSPS) is 48.4. The van der Waals surface area contributed by atoms with E-state index >= 15 is 0 Å². The minimum absolute atomic E-state index is 0.408. The minimum Gasteiger partial charge on any atom is -0.411 e. The van der Waals surface area contributed by atoms with Crippen LogP contribution >= 0.6 is 0 Å². The smallest absolute Gasteiger partial charge is 0.184 e. The van der Waals surface area contributed by atoms with Crippen LogP contribution in [-0.2, 0) is 4.43 Å². The van der Waals surface area contributed by atoms with E-state index < -0.39 is 8.32 Å². The van der Waals surface area contributed by atoms with Crippen LogP contribution in [0.2, 0.25) is 19.6 Å². The van der Waals surface area contributed by atoms with E-state index in [0.717, 1.165) is 23.7 Å². The van der Waals surface area contributed by atoms with Crippen molar-refractivity contribution in [3.8, 4) is 0 Å².